The molecular formula is C17H27N3O2. The van der Waals surface area contributed by atoms with Crippen molar-refractivity contribution in [1.82, 2.24) is 15.6 Å². The fraction of sp³-hybridized carbons (Fsp3) is 0.647. The van der Waals surface area contributed by atoms with Crippen molar-refractivity contribution >= 4 is 6.03 Å². The Kier molecular flexibility index (Phi) is 5.06. The Morgan fingerprint density at radius 3 is 2.82 bits per heavy atom. The Bertz CT molecular complexity index is 528. The molecule has 1 aliphatic rings. The van der Waals surface area contributed by atoms with Crippen LogP contribution >= 0.6 is 0 Å². The normalized spacial score (nSPS) is 23.0. The van der Waals surface area contributed by atoms with Gasteiger partial charge in [0.2, 0.25) is 0 Å². The molecule has 0 unspecified atom stereocenters. The summed E-state index contributed by atoms with van der Waals surface area (Å²) < 4.78 is 5.88. The Morgan fingerprint density at radius 1 is 1.50 bits per heavy atom. The maximum absolute atomic E-state index is 12.1. The van der Waals surface area contributed by atoms with Crippen molar-refractivity contribution in [2.75, 3.05) is 0 Å². The van der Waals surface area contributed by atoms with E-state index >= 15 is 0 Å². The molecule has 2 atom stereocenters. The molecule has 1 heterocycles. The molecule has 0 spiro atoms. The number of rotatable bonds is 5. The topological polar surface area (TPSA) is 63.2 Å². The summed E-state index contributed by atoms with van der Waals surface area (Å²) in [6, 6.07) is 3.88. The molecule has 1 fully saturated rings. The minimum atomic E-state index is -0.147. The van der Waals surface area contributed by atoms with Gasteiger partial charge in [0.05, 0.1) is 24.4 Å². The lowest BCUT2D eigenvalue weighted by Gasteiger charge is -2.52. The molecule has 5 heteroatoms. The highest BCUT2D eigenvalue weighted by Crippen LogP contribution is 2.43. The zero-order valence-electron chi connectivity index (χ0n) is 14.1. The molecule has 1 aromatic rings. The maximum atomic E-state index is 12.1. The van der Waals surface area contributed by atoms with Crippen LogP contribution in [0.4, 0.5) is 4.79 Å². The number of aryl methyl sites for hydroxylation is 1. The zero-order valence-corrected chi connectivity index (χ0v) is 14.1. The number of carbonyl (C=O) groups is 1. The van der Waals surface area contributed by atoms with E-state index in [1.165, 1.54) is 0 Å². The van der Waals surface area contributed by atoms with E-state index in [9.17, 15) is 4.79 Å². The molecule has 5 nitrogen and oxygen atoms in total. The van der Waals surface area contributed by atoms with Gasteiger partial charge in [0.1, 0.15) is 0 Å². The summed E-state index contributed by atoms with van der Waals surface area (Å²) in [6.45, 7) is 10.8. The van der Waals surface area contributed by atoms with Gasteiger partial charge in [-0.2, -0.15) is 0 Å². The van der Waals surface area contributed by atoms with Crippen LogP contribution in [-0.2, 0) is 11.3 Å². The predicted molar refractivity (Wildman–Crippen MR) is 86.5 cm³/mol. The number of nitrogens with zero attached hydrogens (tertiary/aromatic N) is 1. The van der Waals surface area contributed by atoms with Crippen LogP contribution in [0.15, 0.2) is 18.3 Å². The molecule has 0 aromatic carbocycles. The third-order valence-corrected chi connectivity index (χ3v) is 4.45. The molecule has 2 amide bonds. The third kappa shape index (κ3) is 3.77. The van der Waals surface area contributed by atoms with Gasteiger partial charge in [-0.25, -0.2) is 4.79 Å². The largest absolute Gasteiger partial charge is 0.375 e. The van der Waals surface area contributed by atoms with Gasteiger partial charge in [0.15, 0.2) is 0 Å². The molecule has 1 saturated carbocycles. The van der Waals surface area contributed by atoms with Crippen LogP contribution in [0.1, 0.15) is 45.4 Å². The molecule has 2 N–H and O–H groups in total. The lowest BCUT2D eigenvalue weighted by Crippen LogP contribution is -2.63. The van der Waals surface area contributed by atoms with E-state index in [1.54, 1.807) is 6.20 Å². The minimum Gasteiger partial charge on any atom is -0.375 e. The third-order valence-electron chi connectivity index (χ3n) is 4.45. The van der Waals surface area contributed by atoms with Gasteiger partial charge in [-0.05, 0) is 38.8 Å². The summed E-state index contributed by atoms with van der Waals surface area (Å²) in [5.74, 6) is 0. The van der Waals surface area contributed by atoms with Crippen LogP contribution in [0, 0.1) is 12.3 Å². The fourth-order valence-corrected chi connectivity index (χ4v) is 2.77. The number of pyridine rings is 1. The van der Waals surface area contributed by atoms with Gasteiger partial charge in [0.25, 0.3) is 0 Å². The van der Waals surface area contributed by atoms with Crippen LogP contribution in [0.5, 0.6) is 0 Å². The number of nitrogens with one attached hydrogen (secondary N) is 2. The van der Waals surface area contributed by atoms with Gasteiger partial charge in [-0.3, -0.25) is 4.98 Å². The molecule has 0 bridgehead atoms. The Labute approximate surface area is 132 Å². The summed E-state index contributed by atoms with van der Waals surface area (Å²) >= 11 is 0. The summed E-state index contributed by atoms with van der Waals surface area (Å²) in [4.78, 5) is 16.3. The van der Waals surface area contributed by atoms with Crippen molar-refractivity contribution in [2.45, 2.75) is 65.8 Å². The van der Waals surface area contributed by atoms with E-state index < -0.39 is 0 Å². The smallest absolute Gasteiger partial charge is 0.315 e. The number of hydrogen-bond acceptors (Lipinski definition) is 3. The molecule has 0 radical (unpaired) electrons. The summed E-state index contributed by atoms with van der Waals surface area (Å²) in [7, 11) is 0. The van der Waals surface area contributed by atoms with Gasteiger partial charge >= 0.3 is 6.03 Å². The van der Waals surface area contributed by atoms with Crippen molar-refractivity contribution in [3.05, 3.63) is 29.6 Å². The lowest BCUT2D eigenvalue weighted by molar-refractivity contribution is -0.135. The van der Waals surface area contributed by atoms with Gasteiger partial charge < -0.3 is 15.4 Å². The van der Waals surface area contributed by atoms with E-state index in [-0.39, 0.29) is 29.7 Å². The second-order valence-corrected chi connectivity index (χ2v) is 6.88. The van der Waals surface area contributed by atoms with Gasteiger partial charge in [-0.1, -0.05) is 19.9 Å². The van der Waals surface area contributed by atoms with Crippen LogP contribution in [0.25, 0.3) is 0 Å². The molecule has 22 heavy (non-hydrogen) atoms. The Hall–Kier alpha value is -1.62. The molecule has 1 aliphatic carbocycles. The van der Waals surface area contributed by atoms with Crippen LogP contribution < -0.4 is 10.6 Å². The van der Waals surface area contributed by atoms with E-state index in [2.05, 4.69) is 29.5 Å². The second kappa shape index (κ2) is 6.65. The average Bonchev–Trinajstić information content (AvgIpc) is 2.45. The van der Waals surface area contributed by atoms with Crippen LogP contribution in [0.3, 0.4) is 0 Å². The van der Waals surface area contributed by atoms with E-state index in [1.807, 2.05) is 32.9 Å². The number of carbonyl (C=O) groups excluding carboxylic acids is 1. The maximum Gasteiger partial charge on any atom is 0.315 e. The van der Waals surface area contributed by atoms with E-state index in [4.69, 9.17) is 4.74 Å². The first kappa shape index (κ1) is 16.7. The van der Waals surface area contributed by atoms with Crippen molar-refractivity contribution in [3.8, 4) is 0 Å². The monoisotopic (exact) mass is 305 g/mol. The van der Waals surface area contributed by atoms with Crippen LogP contribution in [0.2, 0.25) is 0 Å². The number of urea groups is 1. The standard InChI is InChI=1S/C17H27N3O2/c1-11(2)22-15-9-14(17(15,4)5)20-16(21)19-10-13-12(3)7-6-8-18-13/h6-8,11,14-15H,9-10H2,1-5H3,(H2,19,20,21)/t14-,15-/m0/s1. The minimum absolute atomic E-state index is 0.0392. The first-order valence-electron chi connectivity index (χ1n) is 7.91. The van der Waals surface area contributed by atoms with Crippen molar-refractivity contribution < 1.29 is 9.53 Å². The highest BCUT2D eigenvalue weighted by Gasteiger charge is 2.50. The number of amides is 2. The average molecular weight is 305 g/mol. The Balaban J connectivity index is 1.80. The van der Waals surface area contributed by atoms with E-state index in [0.29, 0.717) is 6.54 Å². The second-order valence-electron chi connectivity index (χ2n) is 6.88. The summed E-state index contributed by atoms with van der Waals surface area (Å²) in [5.41, 5.74) is 1.94. The predicted octanol–water partition coefficient (Wildman–Crippen LogP) is 2.78. The molecule has 122 valence electrons. The van der Waals surface area contributed by atoms with Crippen LogP contribution in [-0.4, -0.2) is 29.3 Å². The van der Waals surface area contributed by atoms with Gasteiger partial charge in [0, 0.05) is 17.7 Å². The van der Waals surface area contributed by atoms with Crippen molar-refractivity contribution in [3.63, 3.8) is 0 Å². The number of hydrogen-bond donors (Lipinski definition) is 2. The quantitative estimate of drug-likeness (QED) is 0.879. The molecule has 0 aliphatic heterocycles. The zero-order chi connectivity index (χ0) is 16.3. The number of aromatic nitrogens is 1. The SMILES string of the molecule is Cc1cccnc1CNC(=O)N[C@H]1C[C@H](OC(C)C)C1(C)C. The van der Waals surface area contributed by atoms with Gasteiger partial charge in [-0.15, -0.1) is 0 Å². The Morgan fingerprint density at radius 2 is 2.23 bits per heavy atom. The summed E-state index contributed by atoms with van der Waals surface area (Å²) in [5, 5.41) is 5.92. The highest BCUT2D eigenvalue weighted by atomic mass is 16.5. The molecular weight excluding hydrogens is 278 g/mol. The van der Waals surface area contributed by atoms with Crippen molar-refractivity contribution in [2.24, 2.45) is 5.41 Å². The first-order valence-corrected chi connectivity index (χ1v) is 7.91. The van der Waals surface area contributed by atoms with Crippen molar-refractivity contribution in [1.29, 1.82) is 0 Å². The highest BCUT2D eigenvalue weighted by molar-refractivity contribution is 5.74. The lowest BCUT2D eigenvalue weighted by atomic mass is 9.64. The van der Waals surface area contributed by atoms with E-state index in [0.717, 1.165) is 17.7 Å². The fourth-order valence-electron chi connectivity index (χ4n) is 2.77. The summed E-state index contributed by atoms with van der Waals surface area (Å²) in [6.07, 6.45) is 3.02. The molecule has 2 rings (SSSR count). The molecule has 0 saturated heterocycles. The molecule has 1 aromatic heterocycles. The first-order chi connectivity index (χ1) is 10.3. The number of ether oxygens (including phenoxy) is 1.